The van der Waals surface area contributed by atoms with Gasteiger partial charge < -0.3 is 9.32 Å². The third-order valence-corrected chi connectivity index (χ3v) is 2.68. The zero-order valence-corrected chi connectivity index (χ0v) is 11.3. The highest BCUT2D eigenvalue weighted by molar-refractivity contribution is 6.28. The first-order valence-electron chi connectivity index (χ1n) is 5.98. The molecule has 0 saturated heterocycles. The molecule has 0 aliphatic heterocycles. The molecule has 0 aromatic carbocycles. The fourth-order valence-electron chi connectivity index (χ4n) is 1.79. The Hall–Kier alpha value is -2.36. The summed E-state index contributed by atoms with van der Waals surface area (Å²) in [6, 6.07) is 7.19. The molecule has 0 aliphatic carbocycles. The van der Waals surface area contributed by atoms with Crippen LogP contribution in [0.25, 0.3) is 5.57 Å². The van der Waals surface area contributed by atoms with Crippen LogP contribution in [0.5, 0.6) is 0 Å². The monoisotopic (exact) mass is 256 g/mol. The van der Waals surface area contributed by atoms with Gasteiger partial charge in [-0.2, -0.15) is 0 Å². The van der Waals surface area contributed by atoms with Gasteiger partial charge >= 0.3 is 0 Å². The minimum Gasteiger partial charge on any atom is -0.469 e. The molecule has 0 unspecified atom stereocenters. The molecule has 2 rings (SSSR count). The lowest BCUT2D eigenvalue weighted by Gasteiger charge is -2.10. The predicted octanol–water partition coefficient (Wildman–Crippen LogP) is 2.77. The van der Waals surface area contributed by atoms with Crippen LogP contribution in [0.1, 0.15) is 21.8 Å². The summed E-state index contributed by atoms with van der Waals surface area (Å²) in [5.74, 6) is 0.532. The third kappa shape index (κ3) is 2.91. The van der Waals surface area contributed by atoms with E-state index in [1.54, 1.807) is 25.4 Å². The predicted molar refractivity (Wildman–Crippen MR) is 73.7 cm³/mol. The smallest absolute Gasteiger partial charge is 0.200 e. The Kier molecular flexibility index (Phi) is 3.80. The number of allylic oxidation sites excluding steroid dienone is 1. The van der Waals surface area contributed by atoms with E-state index in [2.05, 4.69) is 4.98 Å². The minimum atomic E-state index is -0.0846. The number of hydrogen-bond acceptors (Lipinski definition) is 4. The quantitative estimate of drug-likeness (QED) is 0.623. The molecule has 0 radical (unpaired) electrons. The number of pyridine rings is 1. The van der Waals surface area contributed by atoms with Gasteiger partial charge in [0, 0.05) is 26.5 Å². The van der Waals surface area contributed by atoms with Crippen LogP contribution in [-0.2, 0) is 0 Å². The lowest BCUT2D eigenvalue weighted by atomic mass is 10.0. The standard InChI is InChI=1S/C15H16N2O2/c1-11-12(7-9-19-11)15(18)13(10-17(2)3)14-6-4-5-8-16-14/h4-10H,1-3H3/b13-10+. The normalized spacial score (nSPS) is 11.4. The van der Waals surface area contributed by atoms with E-state index in [1.165, 1.54) is 6.26 Å². The number of carbonyl (C=O) groups excluding carboxylic acids is 1. The zero-order valence-electron chi connectivity index (χ0n) is 11.3. The van der Waals surface area contributed by atoms with Crippen LogP contribution in [0, 0.1) is 6.92 Å². The minimum absolute atomic E-state index is 0.0846. The summed E-state index contributed by atoms with van der Waals surface area (Å²) in [6.45, 7) is 1.78. The maximum absolute atomic E-state index is 12.6. The van der Waals surface area contributed by atoms with Crippen LogP contribution in [0.3, 0.4) is 0 Å². The fraction of sp³-hybridized carbons (Fsp3) is 0.200. The number of ketones is 1. The second-order valence-electron chi connectivity index (χ2n) is 4.44. The second kappa shape index (κ2) is 5.52. The summed E-state index contributed by atoms with van der Waals surface area (Å²) in [7, 11) is 3.75. The molecule has 2 aromatic rings. The van der Waals surface area contributed by atoms with Gasteiger partial charge in [-0.15, -0.1) is 0 Å². The van der Waals surface area contributed by atoms with Gasteiger partial charge in [-0.3, -0.25) is 9.78 Å². The van der Waals surface area contributed by atoms with Gasteiger partial charge in [0.25, 0.3) is 0 Å². The molecule has 0 atom stereocenters. The van der Waals surface area contributed by atoms with E-state index >= 15 is 0 Å². The van der Waals surface area contributed by atoms with Crippen molar-refractivity contribution in [3.8, 4) is 0 Å². The second-order valence-corrected chi connectivity index (χ2v) is 4.44. The molecule has 0 spiro atoms. The average molecular weight is 256 g/mol. The molecule has 0 bridgehead atoms. The van der Waals surface area contributed by atoms with E-state index < -0.39 is 0 Å². The molecule has 2 heterocycles. The number of hydrogen-bond donors (Lipinski definition) is 0. The van der Waals surface area contributed by atoms with Crippen molar-refractivity contribution in [2.75, 3.05) is 14.1 Å². The van der Waals surface area contributed by atoms with Crippen molar-refractivity contribution >= 4 is 11.4 Å². The van der Waals surface area contributed by atoms with Crippen molar-refractivity contribution < 1.29 is 9.21 Å². The first kappa shape index (κ1) is 13.1. The molecule has 0 fully saturated rings. The van der Waals surface area contributed by atoms with Crippen LogP contribution in [-0.4, -0.2) is 29.8 Å². The van der Waals surface area contributed by atoms with Crippen molar-refractivity contribution in [1.82, 2.24) is 9.88 Å². The molecule has 98 valence electrons. The molecule has 2 aromatic heterocycles. The molecule has 0 saturated carbocycles. The maximum Gasteiger partial charge on any atom is 0.200 e. The number of aromatic nitrogens is 1. The van der Waals surface area contributed by atoms with Gasteiger partial charge in [0.15, 0.2) is 5.78 Å². The highest BCUT2D eigenvalue weighted by atomic mass is 16.3. The summed E-state index contributed by atoms with van der Waals surface area (Å²) in [4.78, 5) is 18.6. The van der Waals surface area contributed by atoms with Gasteiger partial charge in [0.2, 0.25) is 0 Å². The van der Waals surface area contributed by atoms with E-state index in [-0.39, 0.29) is 5.78 Å². The summed E-state index contributed by atoms with van der Waals surface area (Å²) in [6.07, 6.45) is 4.97. The van der Waals surface area contributed by atoms with Gasteiger partial charge in [0.05, 0.1) is 23.1 Å². The van der Waals surface area contributed by atoms with Crippen LogP contribution in [0.2, 0.25) is 0 Å². The lowest BCUT2D eigenvalue weighted by Crippen LogP contribution is -2.10. The fourth-order valence-corrected chi connectivity index (χ4v) is 1.79. The molecular weight excluding hydrogens is 240 g/mol. The average Bonchev–Trinajstić information content (AvgIpc) is 2.82. The van der Waals surface area contributed by atoms with Crippen LogP contribution < -0.4 is 0 Å². The summed E-state index contributed by atoms with van der Waals surface area (Å²) in [5, 5.41) is 0. The Morgan fingerprint density at radius 3 is 2.63 bits per heavy atom. The Bertz CT molecular complexity index is 598. The first-order chi connectivity index (χ1) is 9.09. The van der Waals surface area contributed by atoms with Crippen molar-refractivity contribution in [2.24, 2.45) is 0 Å². The number of Topliss-reactive ketones (excluding diaryl/α,β-unsaturated/α-hetero) is 1. The maximum atomic E-state index is 12.6. The molecule has 0 amide bonds. The Morgan fingerprint density at radius 1 is 1.32 bits per heavy atom. The Morgan fingerprint density at radius 2 is 2.11 bits per heavy atom. The third-order valence-electron chi connectivity index (χ3n) is 2.68. The highest BCUT2D eigenvalue weighted by Gasteiger charge is 2.19. The van der Waals surface area contributed by atoms with Crippen molar-refractivity contribution in [1.29, 1.82) is 0 Å². The topological polar surface area (TPSA) is 46.3 Å². The number of rotatable bonds is 4. The largest absolute Gasteiger partial charge is 0.469 e. The van der Waals surface area contributed by atoms with Crippen molar-refractivity contribution in [3.05, 3.63) is 59.9 Å². The SMILES string of the molecule is Cc1occc1C(=O)/C(=C/N(C)C)c1ccccn1. The molecule has 4 nitrogen and oxygen atoms in total. The summed E-state index contributed by atoms with van der Waals surface area (Å²) >= 11 is 0. The number of nitrogens with zero attached hydrogens (tertiary/aromatic N) is 2. The van der Waals surface area contributed by atoms with Gasteiger partial charge in [-0.1, -0.05) is 6.07 Å². The van der Waals surface area contributed by atoms with Crippen LogP contribution >= 0.6 is 0 Å². The summed E-state index contributed by atoms with van der Waals surface area (Å²) < 4.78 is 5.19. The zero-order chi connectivity index (χ0) is 13.8. The molecule has 19 heavy (non-hydrogen) atoms. The number of aryl methyl sites for hydroxylation is 1. The van der Waals surface area contributed by atoms with Crippen molar-refractivity contribution in [3.63, 3.8) is 0 Å². The number of carbonyl (C=O) groups is 1. The highest BCUT2D eigenvalue weighted by Crippen LogP contribution is 2.21. The van der Waals surface area contributed by atoms with Gasteiger partial charge in [-0.25, -0.2) is 0 Å². The van der Waals surface area contributed by atoms with E-state index in [0.29, 0.717) is 22.6 Å². The van der Waals surface area contributed by atoms with Gasteiger partial charge in [0.1, 0.15) is 5.76 Å². The van der Waals surface area contributed by atoms with Crippen molar-refractivity contribution in [2.45, 2.75) is 6.92 Å². The van der Waals surface area contributed by atoms with Crippen LogP contribution in [0.4, 0.5) is 0 Å². The Labute approximate surface area is 112 Å². The van der Waals surface area contributed by atoms with Gasteiger partial charge in [-0.05, 0) is 25.1 Å². The molecular formula is C15H16N2O2. The van der Waals surface area contributed by atoms with Crippen LogP contribution in [0.15, 0.2) is 47.3 Å². The summed E-state index contributed by atoms with van der Waals surface area (Å²) in [5.41, 5.74) is 1.77. The van der Waals surface area contributed by atoms with E-state index in [4.69, 9.17) is 4.42 Å². The lowest BCUT2D eigenvalue weighted by molar-refractivity contribution is 0.105. The molecule has 0 N–H and O–H groups in total. The number of furan rings is 1. The molecule has 0 aliphatic rings. The Balaban J connectivity index is 2.46. The molecule has 4 heteroatoms. The van der Waals surface area contributed by atoms with E-state index in [9.17, 15) is 4.79 Å². The van der Waals surface area contributed by atoms with E-state index in [0.717, 1.165) is 0 Å². The first-order valence-corrected chi connectivity index (χ1v) is 5.98. The van der Waals surface area contributed by atoms with E-state index in [1.807, 2.05) is 37.2 Å².